The van der Waals surface area contributed by atoms with Gasteiger partial charge in [0, 0.05) is 24.8 Å². The molecule has 1 saturated carbocycles. The van der Waals surface area contributed by atoms with Crippen molar-refractivity contribution >= 4 is 5.91 Å². The summed E-state index contributed by atoms with van der Waals surface area (Å²) in [5, 5.41) is 9.50. The van der Waals surface area contributed by atoms with Gasteiger partial charge in [0.1, 0.15) is 12.2 Å². The fourth-order valence-electron chi connectivity index (χ4n) is 4.21. The number of amides is 1. The van der Waals surface area contributed by atoms with E-state index in [9.17, 15) is 9.90 Å². The number of aliphatic hydroxyl groups is 1. The number of carbonyl (C=O) groups is 1. The van der Waals surface area contributed by atoms with Gasteiger partial charge in [0.2, 0.25) is 5.91 Å². The van der Waals surface area contributed by atoms with E-state index < -0.39 is 0 Å². The zero-order valence-corrected chi connectivity index (χ0v) is 14.6. The predicted octanol–water partition coefficient (Wildman–Crippen LogP) is 1.44. The maximum atomic E-state index is 12.8. The molecule has 2 saturated heterocycles. The van der Waals surface area contributed by atoms with Gasteiger partial charge in [-0.05, 0) is 44.7 Å². The summed E-state index contributed by atoms with van der Waals surface area (Å²) in [4.78, 5) is 19.2. The number of hydrogen-bond acceptors (Lipinski definition) is 5. The molecule has 1 aromatic heterocycles. The van der Waals surface area contributed by atoms with Gasteiger partial charge in [-0.2, -0.15) is 0 Å². The van der Waals surface area contributed by atoms with Crippen molar-refractivity contribution < 1.29 is 19.4 Å². The van der Waals surface area contributed by atoms with Crippen LogP contribution in [-0.2, 0) is 20.9 Å². The van der Waals surface area contributed by atoms with E-state index in [1.807, 2.05) is 30.0 Å². The molecule has 25 heavy (non-hydrogen) atoms. The van der Waals surface area contributed by atoms with Crippen LogP contribution in [-0.4, -0.2) is 58.4 Å². The molecule has 0 unspecified atom stereocenters. The minimum atomic E-state index is -0.311. The first-order chi connectivity index (χ1) is 12.1. The Kier molecular flexibility index (Phi) is 4.75. The van der Waals surface area contributed by atoms with E-state index in [4.69, 9.17) is 9.47 Å². The lowest BCUT2D eigenvalue weighted by Gasteiger charge is -2.37. The molecule has 3 atom stereocenters. The Hall–Kier alpha value is -1.50. The van der Waals surface area contributed by atoms with Crippen LogP contribution in [0.25, 0.3) is 0 Å². The molecule has 0 radical (unpaired) electrons. The molecule has 6 heteroatoms. The van der Waals surface area contributed by atoms with Gasteiger partial charge in [-0.1, -0.05) is 6.07 Å². The van der Waals surface area contributed by atoms with Gasteiger partial charge in [-0.15, -0.1) is 0 Å². The first-order valence-electron chi connectivity index (χ1n) is 9.26. The van der Waals surface area contributed by atoms with E-state index in [2.05, 4.69) is 4.98 Å². The number of rotatable bonds is 4. The number of aromatic nitrogens is 1. The summed E-state index contributed by atoms with van der Waals surface area (Å²) in [7, 11) is 0. The second-order valence-corrected chi connectivity index (χ2v) is 7.48. The number of ether oxygens (including phenoxy) is 2. The fraction of sp³-hybridized carbons (Fsp3) is 0.684. The van der Waals surface area contributed by atoms with Crippen molar-refractivity contribution in [3.63, 3.8) is 0 Å². The van der Waals surface area contributed by atoms with Crippen LogP contribution in [0, 0.1) is 12.8 Å². The Labute approximate surface area is 148 Å². The average Bonchev–Trinajstić information content (AvgIpc) is 2.96. The monoisotopic (exact) mass is 346 g/mol. The molecule has 136 valence electrons. The number of likely N-dealkylation sites (tertiary alicyclic amines) is 1. The van der Waals surface area contributed by atoms with Crippen molar-refractivity contribution in [1.82, 2.24) is 9.88 Å². The highest BCUT2D eigenvalue weighted by Gasteiger charge is 2.49. The Morgan fingerprint density at radius 2 is 2.28 bits per heavy atom. The van der Waals surface area contributed by atoms with Crippen molar-refractivity contribution in [3.8, 4) is 0 Å². The molecule has 1 amide bonds. The maximum absolute atomic E-state index is 12.8. The zero-order chi connectivity index (χ0) is 17.4. The third kappa shape index (κ3) is 3.43. The molecule has 0 spiro atoms. The van der Waals surface area contributed by atoms with Crippen LogP contribution in [0.4, 0.5) is 0 Å². The zero-order valence-electron chi connectivity index (χ0n) is 14.6. The number of carbonyl (C=O) groups excluding carboxylic acids is 1. The molecule has 2 aliphatic heterocycles. The van der Waals surface area contributed by atoms with Crippen molar-refractivity contribution in [2.75, 3.05) is 13.2 Å². The molecule has 0 bridgehead atoms. The third-order valence-electron chi connectivity index (χ3n) is 5.61. The second kappa shape index (κ2) is 7.02. The van der Waals surface area contributed by atoms with Gasteiger partial charge < -0.3 is 19.5 Å². The van der Waals surface area contributed by atoms with Crippen molar-refractivity contribution in [3.05, 3.63) is 29.6 Å². The molecule has 4 rings (SSSR count). The Balaban J connectivity index is 1.42. The van der Waals surface area contributed by atoms with E-state index in [1.165, 1.54) is 0 Å². The van der Waals surface area contributed by atoms with Crippen molar-refractivity contribution in [2.24, 2.45) is 5.92 Å². The summed E-state index contributed by atoms with van der Waals surface area (Å²) in [5.74, 6) is 0.125. The lowest BCUT2D eigenvalue weighted by molar-refractivity contribution is -0.145. The number of hydrogen-bond donors (Lipinski definition) is 1. The van der Waals surface area contributed by atoms with Crippen LogP contribution in [0.2, 0.25) is 0 Å². The van der Waals surface area contributed by atoms with Gasteiger partial charge in [-0.3, -0.25) is 9.78 Å². The van der Waals surface area contributed by atoms with Gasteiger partial charge in [-0.25, -0.2) is 0 Å². The Morgan fingerprint density at radius 1 is 1.44 bits per heavy atom. The lowest BCUT2D eigenvalue weighted by atomic mass is 9.81. The van der Waals surface area contributed by atoms with Gasteiger partial charge >= 0.3 is 0 Å². The van der Waals surface area contributed by atoms with Crippen LogP contribution in [0.1, 0.15) is 37.1 Å². The normalized spacial score (nSPS) is 34.5. The molecule has 6 nitrogen and oxygen atoms in total. The first kappa shape index (κ1) is 16.9. The summed E-state index contributed by atoms with van der Waals surface area (Å²) in [6.07, 6.45) is 2.65. The van der Waals surface area contributed by atoms with Crippen LogP contribution in [0.3, 0.4) is 0 Å². The molecule has 0 aromatic carbocycles. The molecule has 3 heterocycles. The topological polar surface area (TPSA) is 71.9 Å². The second-order valence-electron chi connectivity index (χ2n) is 7.48. The summed E-state index contributed by atoms with van der Waals surface area (Å²) >= 11 is 0. The molecule has 1 aliphatic carbocycles. The smallest absolute Gasteiger partial charge is 0.226 e. The highest BCUT2D eigenvalue weighted by molar-refractivity contribution is 5.80. The summed E-state index contributed by atoms with van der Waals surface area (Å²) in [5.41, 5.74) is 1.87. The summed E-state index contributed by atoms with van der Waals surface area (Å²) < 4.78 is 12.1. The van der Waals surface area contributed by atoms with Crippen molar-refractivity contribution in [1.29, 1.82) is 0 Å². The van der Waals surface area contributed by atoms with E-state index >= 15 is 0 Å². The fourth-order valence-corrected chi connectivity index (χ4v) is 4.21. The van der Waals surface area contributed by atoms with Crippen LogP contribution >= 0.6 is 0 Å². The molecular weight excluding hydrogens is 320 g/mol. The van der Waals surface area contributed by atoms with Gasteiger partial charge in [0.25, 0.3) is 0 Å². The number of fused-ring (bicyclic) bond motifs is 1. The van der Waals surface area contributed by atoms with Gasteiger partial charge in [0.05, 0.1) is 24.4 Å². The maximum Gasteiger partial charge on any atom is 0.226 e. The molecular formula is C19H26N2O4. The number of aryl methyl sites for hydroxylation is 1. The highest BCUT2D eigenvalue weighted by atomic mass is 16.5. The third-order valence-corrected chi connectivity index (χ3v) is 5.61. The molecule has 1 N–H and O–H groups in total. The largest absolute Gasteiger partial charge is 0.393 e. The first-order valence-corrected chi connectivity index (χ1v) is 9.26. The Bertz CT molecular complexity index is 632. The minimum absolute atomic E-state index is 0.0326. The number of pyridine rings is 1. The number of aliphatic hydroxyl groups excluding tert-OH is 1. The molecule has 3 aliphatic rings. The van der Waals surface area contributed by atoms with Crippen LogP contribution < -0.4 is 0 Å². The quantitative estimate of drug-likeness (QED) is 0.893. The highest BCUT2D eigenvalue weighted by Crippen LogP contribution is 2.36. The minimum Gasteiger partial charge on any atom is -0.393 e. The predicted molar refractivity (Wildman–Crippen MR) is 90.8 cm³/mol. The van der Waals surface area contributed by atoms with Crippen LogP contribution in [0.15, 0.2) is 18.2 Å². The number of nitrogens with zero attached hydrogens (tertiary/aromatic N) is 2. The van der Waals surface area contributed by atoms with Crippen LogP contribution in [0.5, 0.6) is 0 Å². The van der Waals surface area contributed by atoms with E-state index in [1.54, 1.807) is 0 Å². The lowest BCUT2D eigenvalue weighted by Crippen LogP contribution is -2.48. The van der Waals surface area contributed by atoms with E-state index in [-0.39, 0.29) is 36.2 Å². The average molecular weight is 346 g/mol. The SMILES string of the molecule is Cc1cccc(CO[C@H]2CN(C(=O)C3CC(O)C3)[C@@H]3CCCO[C@H]23)n1. The van der Waals surface area contributed by atoms with Gasteiger partial charge in [0.15, 0.2) is 0 Å². The summed E-state index contributed by atoms with van der Waals surface area (Å²) in [6, 6.07) is 6.01. The van der Waals surface area contributed by atoms with E-state index in [0.29, 0.717) is 26.0 Å². The molecule has 1 aromatic rings. The summed E-state index contributed by atoms with van der Waals surface area (Å²) in [6.45, 7) is 3.70. The standard InChI is InChI=1S/C19H26N2O4/c1-12-4-2-5-14(20-12)11-25-17-10-21(16-6-3-7-24-18(16)17)19(23)13-8-15(22)9-13/h2,4-5,13,15-18,22H,3,6-11H2,1H3/t13?,15?,16-,17+,18+/m1/s1. The van der Waals surface area contributed by atoms with Crippen molar-refractivity contribution in [2.45, 2.75) is 63.6 Å². The Morgan fingerprint density at radius 3 is 3.04 bits per heavy atom. The van der Waals surface area contributed by atoms with E-state index in [0.717, 1.165) is 30.8 Å². The molecule has 3 fully saturated rings.